The van der Waals surface area contributed by atoms with Crippen LogP contribution in [0.25, 0.3) is 0 Å². The molecule has 0 fully saturated rings. The van der Waals surface area contributed by atoms with E-state index in [-0.39, 0.29) is 0 Å². The van der Waals surface area contributed by atoms with Gasteiger partial charge in [0, 0.05) is 11.9 Å². The fourth-order valence-corrected chi connectivity index (χ4v) is 1.99. The fourth-order valence-electron chi connectivity index (χ4n) is 1.18. The molecule has 0 radical (unpaired) electrons. The highest BCUT2D eigenvalue weighted by atomic mass is 79.9. The van der Waals surface area contributed by atoms with E-state index in [1.807, 2.05) is 6.07 Å². The van der Waals surface area contributed by atoms with Crippen molar-refractivity contribution in [1.29, 1.82) is 0 Å². The summed E-state index contributed by atoms with van der Waals surface area (Å²) in [6.07, 6.45) is 2.34. The Bertz CT molecular complexity index is 238. The largest absolute Gasteiger partial charge is 0.301 e. The van der Waals surface area contributed by atoms with Gasteiger partial charge < -0.3 is 5.32 Å². The van der Waals surface area contributed by atoms with Crippen molar-refractivity contribution in [3.05, 3.63) is 35.9 Å². The molecular weight excluding hydrogens is 306 g/mol. The van der Waals surface area contributed by atoms with Crippen LogP contribution in [0.4, 0.5) is 0 Å². The number of hydrogen-bond donors (Lipinski definition) is 1. The van der Waals surface area contributed by atoms with Crippen LogP contribution in [0.5, 0.6) is 0 Å². The smallest absolute Gasteiger partial charge is 0.0633 e. The summed E-state index contributed by atoms with van der Waals surface area (Å²) in [5.41, 5.74) is 1.33. The third kappa shape index (κ3) is 5.13. The van der Waals surface area contributed by atoms with Crippen molar-refractivity contribution in [3.8, 4) is 0 Å². The Hall–Kier alpha value is 0.140. The molecule has 0 amide bonds. The molecule has 1 aromatic rings. The predicted molar refractivity (Wildman–Crippen MR) is 69.0 cm³/mol. The number of nitrogens with one attached hydrogen (secondary N) is 1. The molecule has 0 aromatic heterocycles. The first kappa shape index (κ1) is 12.2. The van der Waals surface area contributed by atoms with E-state index in [4.69, 9.17) is 0 Å². The van der Waals surface area contributed by atoms with Gasteiger partial charge in [-0.15, -0.1) is 0 Å². The van der Waals surface area contributed by atoms with Crippen LogP contribution in [0.1, 0.15) is 18.4 Å². The van der Waals surface area contributed by atoms with Crippen molar-refractivity contribution >= 4 is 31.9 Å². The van der Waals surface area contributed by atoms with Crippen LogP contribution >= 0.6 is 31.9 Å². The number of benzene rings is 1. The van der Waals surface area contributed by atoms with Crippen LogP contribution in [0.2, 0.25) is 0 Å². The van der Waals surface area contributed by atoms with Gasteiger partial charge in [0.1, 0.15) is 0 Å². The minimum atomic E-state index is 0.417. The summed E-state index contributed by atoms with van der Waals surface area (Å²) in [6, 6.07) is 10.5. The molecule has 1 aromatic carbocycles. The second-order valence-corrected chi connectivity index (χ2v) is 5.06. The summed E-state index contributed by atoms with van der Waals surface area (Å²) in [7, 11) is 0. The van der Waals surface area contributed by atoms with Crippen molar-refractivity contribution in [2.75, 3.05) is 5.33 Å². The van der Waals surface area contributed by atoms with E-state index in [1.165, 1.54) is 12.0 Å². The van der Waals surface area contributed by atoms with E-state index in [2.05, 4.69) is 61.4 Å². The van der Waals surface area contributed by atoms with Gasteiger partial charge in [-0.2, -0.15) is 0 Å². The molecule has 0 bridgehead atoms. The van der Waals surface area contributed by atoms with E-state index >= 15 is 0 Å². The lowest BCUT2D eigenvalue weighted by molar-refractivity contribution is 0.613. The summed E-state index contributed by atoms with van der Waals surface area (Å²) >= 11 is 7.03. The standard InChI is InChI=1S/C11H15Br2N/c12-8-4-7-11(13)14-9-10-5-2-1-3-6-10/h1-3,5-6,11,14H,4,7-9H2. The lowest BCUT2D eigenvalue weighted by atomic mass is 10.2. The molecule has 78 valence electrons. The minimum Gasteiger partial charge on any atom is -0.301 e. The van der Waals surface area contributed by atoms with Gasteiger partial charge in [0.25, 0.3) is 0 Å². The van der Waals surface area contributed by atoms with Crippen LogP contribution in [-0.4, -0.2) is 10.3 Å². The zero-order chi connectivity index (χ0) is 10.2. The number of alkyl halides is 2. The van der Waals surface area contributed by atoms with Crippen molar-refractivity contribution < 1.29 is 0 Å². The molecular formula is C11H15Br2N. The van der Waals surface area contributed by atoms with Gasteiger partial charge in [0.2, 0.25) is 0 Å². The molecule has 14 heavy (non-hydrogen) atoms. The SMILES string of the molecule is BrCCCC(Br)NCc1ccccc1. The molecule has 3 heteroatoms. The fraction of sp³-hybridized carbons (Fsp3) is 0.455. The predicted octanol–water partition coefficient (Wildman–Crippen LogP) is 3.67. The van der Waals surface area contributed by atoms with Gasteiger partial charge in [-0.05, 0) is 18.4 Å². The average Bonchev–Trinajstić information content (AvgIpc) is 2.25. The average molecular weight is 321 g/mol. The lowest BCUT2D eigenvalue weighted by Crippen LogP contribution is -2.22. The van der Waals surface area contributed by atoms with Crippen molar-refractivity contribution in [2.45, 2.75) is 24.3 Å². The minimum absolute atomic E-state index is 0.417. The van der Waals surface area contributed by atoms with Crippen LogP contribution in [-0.2, 0) is 6.54 Å². The Morgan fingerprint density at radius 2 is 1.93 bits per heavy atom. The first-order valence-corrected chi connectivity index (χ1v) is 6.84. The van der Waals surface area contributed by atoms with E-state index in [0.717, 1.165) is 18.3 Å². The maximum absolute atomic E-state index is 3.60. The molecule has 0 aliphatic rings. The van der Waals surface area contributed by atoms with Crippen LogP contribution in [0, 0.1) is 0 Å². The molecule has 0 saturated carbocycles. The summed E-state index contributed by atoms with van der Waals surface area (Å²) < 4.78 is 0. The first-order chi connectivity index (χ1) is 6.83. The molecule has 0 aliphatic carbocycles. The molecule has 0 aliphatic heterocycles. The molecule has 1 N–H and O–H groups in total. The zero-order valence-corrected chi connectivity index (χ0v) is 11.2. The Labute approximate surface area is 103 Å². The summed E-state index contributed by atoms with van der Waals surface area (Å²) in [4.78, 5) is 0.417. The van der Waals surface area contributed by atoms with Gasteiger partial charge in [0.05, 0.1) is 4.95 Å². The van der Waals surface area contributed by atoms with Crippen LogP contribution < -0.4 is 5.32 Å². The monoisotopic (exact) mass is 319 g/mol. The highest BCUT2D eigenvalue weighted by Gasteiger charge is 2.01. The Balaban J connectivity index is 2.20. The summed E-state index contributed by atoms with van der Waals surface area (Å²) in [5.74, 6) is 0. The Kier molecular flexibility index (Phi) is 6.48. The maximum Gasteiger partial charge on any atom is 0.0633 e. The summed E-state index contributed by atoms with van der Waals surface area (Å²) in [6.45, 7) is 0.930. The highest BCUT2D eigenvalue weighted by Crippen LogP contribution is 2.07. The van der Waals surface area contributed by atoms with E-state index < -0.39 is 0 Å². The Morgan fingerprint density at radius 3 is 2.57 bits per heavy atom. The van der Waals surface area contributed by atoms with Crippen molar-refractivity contribution in [1.82, 2.24) is 5.32 Å². The maximum atomic E-state index is 3.60. The van der Waals surface area contributed by atoms with Crippen molar-refractivity contribution in [3.63, 3.8) is 0 Å². The number of rotatable bonds is 6. The second-order valence-electron chi connectivity index (χ2n) is 3.17. The number of halogens is 2. The molecule has 1 rings (SSSR count). The van der Waals surface area contributed by atoms with E-state index in [9.17, 15) is 0 Å². The van der Waals surface area contributed by atoms with Gasteiger partial charge in [0.15, 0.2) is 0 Å². The van der Waals surface area contributed by atoms with Crippen LogP contribution in [0.15, 0.2) is 30.3 Å². The molecule has 0 heterocycles. The normalized spacial score (nSPS) is 12.7. The summed E-state index contributed by atoms with van der Waals surface area (Å²) in [5, 5.41) is 4.50. The lowest BCUT2D eigenvalue weighted by Gasteiger charge is -2.11. The quantitative estimate of drug-likeness (QED) is 0.623. The molecule has 0 spiro atoms. The van der Waals surface area contributed by atoms with Gasteiger partial charge in [-0.25, -0.2) is 0 Å². The molecule has 1 nitrogen and oxygen atoms in total. The van der Waals surface area contributed by atoms with Gasteiger partial charge in [-0.1, -0.05) is 62.2 Å². The van der Waals surface area contributed by atoms with Crippen molar-refractivity contribution in [2.24, 2.45) is 0 Å². The topological polar surface area (TPSA) is 12.0 Å². The Morgan fingerprint density at radius 1 is 1.21 bits per heavy atom. The van der Waals surface area contributed by atoms with Gasteiger partial charge >= 0.3 is 0 Å². The number of hydrogen-bond acceptors (Lipinski definition) is 1. The third-order valence-corrected chi connectivity index (χ3v) is 3.30. The molecule has 1 atom stereocenters. The highest BCUT2D eigenvalue weighted by molar-refractivity contribution is 9.09. The second kappa shape index (κ2) is 7.43. The zero-order valence-electron chi connectivity index (χ0n) is 8.05. The molecule has 1 unspecified atom stereocenters. The molecule has 0 saturated heterocycles. The first-order valence-electron chi connectivity index (χ1n) is 4.80. The van der Waals surface area contributed by atoms with E-state index in [0.29, 0.717) is 4.95 Å². The van der Waals surface area contributed by atoms with Gasteiger partial charge in [-0.3, -0.25) is 0 Å². The van der Waals surface area contributed by atoms with E-state index in [1.54, 1.807) is 0 Å². The van der Waals surface area contributed by atoms with Crippen LogP contribution in [0.3, 0.4) is 0 Å². The third-order valence-electron chi connectivity index (χ3n) is 1.96.